The first-order chi connectivity index (χ1) is 12.6. The molecule has 136 valence electrons. The Labute approximate surface area is 155 Å². The first-order valence-electron chi connectivity index (χ1n) is 8.29. The van der Waals surface area contributed by atoms with Gasteiger partial charge in [0.2, 0.25) is 5.89 Å². The first-order valence-corrected chi connectivity index (χ1v) is 8.67. The molecule has 0 fully saturated rings. The van der Waals surface area contributed by atoms with E-state index in [1.807, 2.05) is 24.3 Å². The maximum atomic E-state index is 12.3. The molecule has 0 aliphatic carbocycles. The minimum atomic E-state index is -0.225. The van der Waals surface area contributed by atoms with Gasteiger partial charge in [-0.25, -0.2) is 4.68 Å². The van der Waals surface area contributed by atoms with E-state index in [1.165, 1.54) is 4.68 Å². The Morgan fingerprint density at radius 1 is 1.19 bits per heavy atom. The Hall–Kier alpha value is -2.51. The van der Waals surface area contributed by atoms with Crippen molar-refractivity contribution in [2.75, 3.05) is 6.61 Å². The zero-order chi connectivity index (χ0) is 18.5. The van der Waals surface area contributed by atoms with Crippen LogP contribution in [0.2, 0.25) is 5.02 Å². The Morgan fingerprint density at radius 2 is 1.96 bits per heavy atom. The molecule has 0 saturated carbocycles. The number of halogens is 1. The molecule has 0 bridgehead atoms. The average molecular weight is 375 g/mol. The standard InChI is InChI=1S/C18H19ClN4O3/c1-12-14(8-9-24)10-20-23(18(12)25)11-17-21-16(22-26-17)7-4-13-2-5-15(19)6-3-13/h2-3,5-6,10,24H,4,7-9,11H2,1H3. The van der Waals surface area contributed by atoms with E-state index in [9.17, 15) is 4.79 Å². The third kappa shape index (κ3) is 4.36. The van der Waals surface area contributed by atoms with Crippen LogP contribution >= 0.6 is 11.6 Å². The molecule has 2 aromatic heterocycles. The number of rotatable bonds is 7. The quantitative estimate of drug-likeness (QED) is 0.679. The van der Waals surface area contributed by atoms with Gasteiger partial charge in [0.1, 0.15) is 6.54 Å². The maximum absolute atomic E-state index is 12.3. The van der Waals surface area contributed by atoms with E-state index in [0.717, 1.165) is 17.5 Å². The summed E-state index contributed by atoms with van der Waals surface area (Å²) in [7, 11) is 0. The van der Waals surface area contributed by atoms with Gasteiger partial charge in [-0.05, 0) is 43.0 Å². The van der Waals surface area contributed by atoms with Crippen LogP contribution in [0.1, 0.15) is 28.4 Å². The van der Waals surface area contributed by atoms with Crippen molar-refractivity contribution in [1.29, 1.82) is 0 Å². The van der Waals surface area contributed by atoms with Gasteiger partial charge < -0.3 is 9.63 Å². The van der Waals surface area contributed by atoms with Gasteiger partial charge in [-0.15, -0.1) is 0 Å². The zero-order valence-corrected chi connectivity index (χ0v) is 15.1. The van der Waals surface area contributed by atoms with Gasteiger partial charge in [0.15, 0.2) is 5.82 Å². The summed E-state index contributed by atoms with van der Waals surface area (Å²) in [5, 5.41) is 17.8. The summed E-state index contributed by atoms with van der Waals surface area (Å²) < 4.78 is 6.51. The largest absolute Gasteiger partial charge is 0.396 e. The van der Waals surface area contributed by atoms with Crippen LogP contribution in [0, 0.1) is 6.92 Å². The van der Waals surface area contributed by atoms with Gasteiger partial charge in [0, 0.05) is 23.6 Å². The van der Waals surface area contributed by atoms with Crippen LogP contribution in [-0.2, 0) is 25.8 Å². The average Bonchev–Trinajstić information content (AvgIpc) is 3.08. The number of aromatic nitrogens is 4. The van der Waals surface area contributed by atoms with Crippen LogP contribution in [0.3, 0.4) is 0 Å². The summed E-state index contributed by atoms with van der Waals surface area (Å²) in [6.07, 6.45) is 3.39. The summed E-state index contributed by atoms with van der Waals surface area (Å²) in [5.74, 6) is 0.914. The predicted octanol–water partition coefficient (Wildman–Crippen LogP) is 1.96. The number of nitrogens with zero attached hydrogens (tertiary/aromatic N) is 4. The van der Waals surface area contributed by atoms with Gasteiger partial charge in [-0.2, -0.15) is 10.1 Å². The highest BCUT2D eigenvalue weighted by molar-refractivity contribution is 6.30. The molecule has 3 aromatic rings. The molecule has 1 aromatic carbocycles. The van der Waals surface area contributed by atoms with Crippen LogP contribution in [0.5, 0.6) is 0 Å². The summed E-state index contributed by atoms with van der Waals surface area (Å²) in [5.41, 5.74) is 2.21. The third-order valence-corrected chi connectivity index (χ3v) is 4.37. The van der Waals surface area contributed by atoms with Crippen LogP contribution in [0.25, 0.3) is 0 Å². The van der Waals surface area contributed by atoms with Gasteiger partial charge in [-0.1, -0.05) is 28.9 Å². The van der Waals surface area contributed by atoms with Crippen LogP contribution in [0.4, 0.5) is 0 Å². The van der Waals surface area contributed by atoms with Gasteiger partial charge >= 0.3 is 0 Å². The molecule has 0 saturated heterocycles. The molecular formula is C18H19ClN4O3. The summed E-state index contributed by atoms with van der Waals surface area (Å²) >= 11 is 5.87. The molecule has 26 heavy (non-hydrogen) atoms. The highest BCUT2D eigenvalue weighted by atomic mass is 35.5. The van der Waals surface area contributed by atoms with E-state index >= 15 is 0 Å². The summed E-state index contributed by atoms with van der Waals surface area (Å²) in [4.78, 5) is 16.7. The van der Waals surface area contributed by atoms with E-state index in [1.54, 1.807) is 13.1 Å². The van der Waals surface area contributed by atoms with Gasteiger partial charge in [0.05, 0.1) is 6.20 Å². The van der Waals surface area contributed by atoms with Crippen molar-refractivity contribution < 1.29 is 9.63 Å². The van der Waals surface area contributed by atoms with E-state index in [-0.39, 0.29) is 18.7 Å². The molecule has 0 unspecified atom stereocenters. The molecule has 7 nitrogen and oxygen atoms in total. The molecule has 1 N–H and O–H groups in total. The van der Waals surface area contributed by atoms with Gasteiger partial charge in [-0.3, -0.25) is 4.79 Å². The third-order valence-electron chi connectivity index (χ3n) is 4.12. The van der Waals surface area contributed by atoms with E-state index in [0.29, 0.717) is 35.1 Å². The minimum absolute atomic E-state index is 0.0212. The smallest absolute Gasteiger partial charge is 0.270 e. The highest BCUT2D eigenvalue weighted by Crippen LogP contribution is 2.11. The Kier molecular flexibility index (Phi) is 5.80. The van der Waals surface area contributed by atoms with E-state index < -0.39 is 0 Å². The number of hydrogen-bond acceptors (Lipinski definition) is 6. The second kappa shape index (κ2) is 8.25. The predicted molar refractivity (Wildman–Crippen MR) is 96.3 cm³/mol. The van der Waals surface area contributed by atoms with Crippen LogP contribution < -0.4 is 5.56 Å². The molecule has 0 aliphatic rings. The molecule has 0 atom stereocenters. The van der Waals surface area contributed by atoms with Crippen molar-refractivity contribution in [3.8, 4) is 0 Å². The zero-order valence-electron chi connectivity index (χ0n) is 14.4. The van der Waals surface area contributed by atoms with E-state index in [4.69, 9.17) is 21.2 Å². The molecule has 0 amide bonds. The fourth-order valence-corrected chi connectivity index (χ4v) is 2.72. The topological polar surface area (TPSA) is 94.0 Å². The normalized spacial score (nSPS) is 11.0. The fraction of sp³-hybridized carbons (Fsp3) is 0.333. The van der Waals surface area contributed by atoms with E-state index in [2.05, 4.69) is 15.2 Å². The molecule has 3 rings (SSSR count). The van der Waals surface area contributed by atoms with Gasteiger partial charge in [0.25, 0.3) is 5.56 Å². The molecule has 0 spiro atoms. The SMILES string of the molecule is Cc1c(CCO)cnn(Cc2nc(CCc3ccc(Cl)cc3)no2)c1=O. The van der Waals surface area contributed by atoms with Crippen molar-refractivity contribution in [3.05, 3.63) is 74.2 Å². The summed E-state index contributed by atoms with van der Waals surface area (Å²) in [6.45, 7) is 1.82. The number of aryl methyl sites for hydroxylation is 2. The van der Waals surface area contributed by atoms with Crippen molar-refractivity contribution >= 4 is 11.6 Å². The van der Waals surface area contributed by atoms with Crippen molar-refractivity contribution in [2.45, 2.75) is 32.7 Å². The second-order valence-corrected chi connectivity index (χ2v) is 6.40. The molecule has 8 heteroatoms. The number of aliphatic hydroxyl groups is 1. The fourth-order valence-electron chi connectivity index (χ4n) is 2.60. The van der Waals surface area contributed by atoms with Crippen molar-refractivity contribution in [3.63, 3.8) is 0 Å². The molecule has 2 heterocycles. The lowest BCUT2D eigenvalue weighted by atomic mass is 10.1. The first kappa shape index (κ1) is 18.3. The summed E-state index contributed by atoms with van der Waals surface area (Å²) in [6, 6.07) is 7.62. The Balaban J connectivity index is 1.66. The van der Waals surface area contributed by atoms with Crippen LogP contribution in [0.15, 0.2) is 39.8 Å². The second-order valence-electron chi connectivity index (χ2n) is 5.96. The highest BCUT2D eigenvalue weighted by Gasteiger charge is 2.12. The maximum Gasteiger partial charge on any atom is 0.270 e. The molecular weight excluding hydrogens is 356 g/mol. The minimum Gasteiger partial charge on any atom is -0.396 e. The number of aliphatic hydroxyl groups excluding tert-OH is 1. The lowest BCUT2D eigenvalue weighted by molar-refractivity contribution is 0.298. The van der Waals surface area contributed by atoms with Crippen molar-refractivity contribution in [1.82, 2.24) is 19.9 Å². The van der Waals surface area contributed by atoms with Crippen LogP contribution in [-0.4, -0.2) is 31.6 Å². The monoisotopic (exact) mass is 374 g/mol. The molecule has 0 aliphatic heterocycles. The molecule has 0 radical (unpaired) electrons. The number of benzene rings is 1. The van der Waals surface area contributed by atoms with Crippen molar-refractivity contribution in [2.24, 2.45) is 0 Å². The lowest BCUT2D eigenvalue weighted by Gasteiger charge is -2.06. The Morgan fingerprint density at radius 3 is 2.69 bits per heavy atom. The lowest BCUT2D eigenvalue weighted by Crippen LogP contribution is -2.27. The Bertz CT molecular complexity index is 934. The number of hydrogen-bond donors (Lipinski definition) is 1.